The van der Waals surface area contributed by atoms with E-state index in [-0.39, 0.29) is 37.5 Å². The fraction of sp³-hybridized carbons (Fsp3) is 0.625. The zero-order valence-electron chi connectivity index (χ0n) is 50.4. The smallest absolute Gasteiger partial charge is 0.306 e. The van der Waals surface area contributed by atoms with Crippen LogP contribution in [0.2, 0.25) is 0 Å². The Hall–Kier alpha value is -4.71. The van der Waals surface area contributed by atoms with Gasteiger partial charge in [0.1, 0.15) is 13.2 Å². The Kier molecular flexibility index (Phi) is 60.9. The second-order valence-electron chi connectivity index (χ2n) is 20.6. The normalized spacial score (nSPS) is 13.1. The van der Waals surface area contributed by atoms with Gasteiger partial charge in [0.05, 0.1) is 0 Å². The highest BCUT2D eigenvalue weighted by atomic mass is 16.6. The van der Waals surface area contributed by atoms with E-state index in [4.69, 9.17) is 14.2 Å². The van der Waals surface area contributed by atoms with Crippen LogP contribution < -0.4 is 0 Å². The maximum Gasteiger partial charge on any atom is 0.306 e. The molecular weight excluding hydrogens is 961 g/mol. The SMILES string of the molecule is CC/C=C\C/C=C\C/C=C\C/C=C\C/C=C\C/C=C\CCCCCCCCCCC(=O)OCC(COC(=O)CCCCCCCCCCCCCC)OC(=O)CCCC/C=C\C/C=C\C/C=C\C/C=C\C/C=C\C/C=C\CC. The average Bonchev–Trinajstić information content (AvgIpc) is 3.44. The topological polar surface area (TPSA) is 78.9 Å². The minimum absolute atomic E-state index is 0.101. The molecule has 78 heavy (non-hydrogen) atoms. The Morgan fingerprint density at radius 3 is 0.808 bits per heavy atom. The van der Waals surface area contributed by atoms with Crippen LogP contribution in [0.5, 0.6) is 0 Å². The fourth-order valence-corrected chi connectivity index (χ4v) is 8.39. The molecule has 0 aliphatic carbocycles. The highest BCUT2D eigenvalue weighted by Gasteiger charge is 2.19. The average molecular weight is 1080 g/mol. The number of rotatable bonds is 56. The molecule has 0 aliphatic rings. The third kappa shape index (κ3) is 62.1. The molecule has 0 aromatic carbocycles. The Morgan fingerprint density at radius 2 is 0.500 bits per heavy atom. The fourth-order valence-electron chi connectivity index (χ4n) is 8.39. The van der Waals surface area contributed by atoms with Gasteiger partial charge in [-0.1, -0.05) is 276 Å². The van der Waals surface area contributed by atoms with Gasteiger partial charge in [-0.25, -0.2) is 0 Å². The molecule has 0 saturated heterocycles. The van der Waals surface area contributed by atoms with Gasteiger partial charge in [-0.15, -0.1) is 0 Å². The molecule has 6 heteroatoms. The first kappa shape index (κ1) is 73.3. The lowest BCUT2D eigenvalue weighted by Gasteiger charge is -2.18. The van der Waals surface area contributed by atoms with Crippen molar-refractivity contribution in [1.82, 2.24) is 0 Å². The number of allylic oxidation sites excluding steroid dienone is 24. The second-order valence-corrected chi connectivity index (χ2v) is 20.6. The van der Waals surface area contributed by atoms with E-state index in [9.17, 15) is 14.4 Å². The summed E-state index contributed by atoms with van der Waals surface area (Å²) in [5, 5.41) is 0. The van der Waals surface area contributed by atoms with Crippen LogP contribution in [0.3, 0.4) is 0 Å². The van der Waals surface area contributed by atoms with Crippen molar-refractivity contribution in [2.24, 2.45) is 0 Å². The number of carbonyl (C=O) groups excluding carboxylic acids is 3. The van der Waals surface area contributed by atoms with Gasteiger partial charge in [0.2, 0.25) is 0 Å². The zero-order valence-corrected chi connectivity index (χ0v) is 50.4. The molecule has 6 nitrogen and oxygen atoms in total. The minimum Gasteiger partial charge on any atom is -0.462 e. The van der Waals surface area contributed by atoms with Gasteiger partial charge in [0.15, 0.2) is 6.10 Å². The van der Waals surface area contributed by atoms with Crippen molar-refractivity contribution in [3.05, 3.63) is 146 Å². The molecule has 0 aromatic rings. The molecule has 0 aliphatic heterocycles. The van der Waals surface area contributed by atoms with Gasteiger partial charge in [-0.05, 0) is 122 Å². The number of esters is 3. The predicted molar refractivity (Wildman–Crippen MR) is 339 cm³/mol. The minimum atomic E-state index is -0.810. The summed E-state index contributed by atoms with van der Waals surface area (Å²) in [5.41, 5.74) is 0. The third-order valence-electron chi connectivity index (χ3n) is 13.1. The molecule has 0 N–H and O–H groups in total. The molecule has 0 bridgehead atoms. The van der Waals surface area contributed by atoms with Crippen molar-refractivity contribution in [3.8, 4) is 0 Å². The molecule has 0 aromatic heterocycles. The van der Waals surface area contributed by atoms with Crippen LogP contribution in [-0.2, 0) is 28.6 Å². The quantitative estimate of drug-likeness (QED) is 0.0261. The van der Waals surface area contributed by atoms with Gasteiger partial charge in [0.25, 0.3) is 0 Å². The Balaban J connectivity index is 4.42. The van der Waals surface area contributed by atoms with Crippen LogP contribution in [0.15, 0.2) is 146 Å². The predicted octanol–water partition coefficient (Wildman–Crippen LogP) is 21.9. The molecule has 1 unspecified atom stereocenters. The number of hydrogen-bond acceptors (Lipinski definition) is 6. The summed E-state index contributed by atoms with van der Waals surface area (Å²) < 4.78 is 16.9. The van der Waals surface area contributed by atoms with Crippen molar-refractivity contribution in [1.29, 1.82) is 0 Å². The highest BCUT2D eigenvalue weighted by Crippen LogP contribution is 2.15. The van der Waals surface area contributed by atoms with Gasteiger partial charge in [-0.3, -0.25) is 14.4 Å². The molecule has 440 valence electrons. The van der Waals surface area contributed by atoms with Crippen LogP contribution in [0.25, 0.3) is 0 Å². The van der Waals surface area contributed by atoms with E-state index in [1.165, 1.54) is 89.9 Å². The Labute approximate surface area is 480 Å². The highest BCUT2D eigenvalue weighted by molar-refractivity contribution is 5.71. The summed E-state index contributed by atoms with van der Waals surface area (Å²) in [6.45, 7) is 6.37. The summed E-state index contributed by atoms with van der Waals surface area (Å²) in [7, 11) is 0. The first-order valence-corrected chi connectivity index (χ1v) is 31.8. The van der Waals surface area contributed by atoms with Gasteiger partial charge in [-0.2, -0.15) is 0 Å². The van der Waals surface area contributed by atoms with E-state index in [0.29, 0.717) is 19.3 Å². The van der Waals surface area contributed by atoms with E-state index in [2.05, 4.69) is 167 Å². The summed E-state index contributed by atoms with van der Waals surface area (Å²) in [4.78, 5) is 38.3. The van der Waals surface area contributed by atoms with E-state index in [1.807, 2.05) is 0 Å². The van der Waals surface area contributed by atoms with Crippen molar-refractivity contribution >= 4 is 17.9 Å². The first-order chi connectivity index (χ1) is 38.5. The summed E-state index contributed by atoms with van der Waals surface area (Å²) >= 11 is 0. The summed E-state index contributed by atoms with van der Waals surface area (Å²) in [5.74, 6) is -0.954. The monoisotopic (exact) mass is 1080 g/mol. The Morgan fingerprint density at radius 1 is 0.269 bits per heavy atom. The maximum atomic E-state index is 12.9. The molecule has 0 fully saturated rings. The van der Waals surface area contributed by atoms with Crippen molar-refractivity contribution in [2.75, 3.05) is 13.2 Å². The van der Waals surface area contributed by atoms with Crippen LogP contribution >= 0.6 is 0 Å². The molecule has 0 rings (SSSR count). The van der Waals surface area contributed by atoms with E-state index in [1.54, 1.807) is 0 Å². The Bertz CT molecular complexity index is 1710. The van der Waals surface area contributed by atoms with Crippen LogP contribution in [0.4, 0.5) is 0 Å². The van der Waals surface area contributed by atoms with E-state index < -0.39 is 6.10 Å². The lowest BCUT2D eigenvalue weighted by Crippen LogP contribution is -2.30. The van der Waals surface area contributed by atoms with Crippen LogP contribution in [0, 0.1) is 0 Å². The molecular formula is C72H116O6. The lowest BCUT2D eigenvalue weighted by atomic mass is 10.0. The van der Waals surface area contributed by atoms with E-state index in [0.717, 1.165) is 135 Å². The van der Waals surface area contributed by atoms with Crippen molar-refractivity contribution < 1.29 is 28.6 Å². The van der Waals surface area contributed by atoms with Gasteiger partial charge < -0.3 is 14.2 Å². The van der Waals surface area contributed by atoms with E-state index >= 15 is 0 Å². The standard InChI is InChI=1S/C72H116O6/c1-4-7-10-13-16-19-22-25-27-29-31-33-34-35-36-37-38-40-41-43-45-47-50-53-56-59-62-65-71(74)77-68-69(67-76-70(73)64-61-58-55-52-49-24-21-18-15-12-9-6-3)78-72(75)66-63-60-57-54-51-48-46-44-42-39-32-30-28-26-23-20-17-14-11-8-5-2/h7-8,10-11,16-17,19-20,25-28,31-33,35-36,38-40,44,46,51,54,69H,4-6,9,12-15,18,21-24,29-30,34,37,41-43,45,47-50,52-53,55-68H2,1-3H3/b10-7-,11-8-,19-16-,20-17-,27-25-,28-26-,33-31-,36-35-,39-32-,40-38-,46-44-,54-51-. The molecule has 0 spiro atoms. The number of unbranched alkanes of at least 4 members (excludes halogenated alkanes) is 21. The first-order valence-electron chi connectivity index (χ1n) is 31.8. The maximum absolute atomic E-state index is 12.9. The molecule has 0 heterocycles. The van der Waals surface area contributed by atoms with Crippen LogP contribution in [0.1, 0.15) is 271 Å². The number of hydrogen-bond donors (Lipinski definition) is 0. The lowest BCUT2D eigenvalue weighted by molar-refractivity contribution is -0.167. The largest absolute Gasteiger partial charge is 0.462 e. The zero-order chi connectivity index (χ0) is 56.4. The number of carbonyl (C=O) groups is 3. The van der Waals surface area contributed by atoms with Crippen LogP contribution in [-0.4, -0.2) is 37.2 Å². The second kappa shape index (κ2) is 64.8. The van der Waals surface area contributed by atoms with Crippen molar-refractivity contribution in [2.45, 2.75) is 277 Å². The van der Waals surface area contributed by atoms with Gasteiger partial charge in [0, 0.05) is 19.3 Å². The van der Waals surface area contributed by atoms with Gasteiger partial charge >= 0.3 is 17.9 Å². The van der Waals surface area contributed by atoms with Crippen molar-refractivity contribution in [3.63, 3.8) is 0 Å². The number of ether oxygens (including phenoxy) is 3. The molecule has 0 amide bonds. The molecule has 0 radical (unpaired) electrons. The molecule has 1 atom stereocenters. The summed E-state index contributed by atoms with van der Waals surface area (Å²) in [6.07, 6.45) is 92.8. The molecule has 0 saturated carbocycles. The third-order valence-corrected chi connectivity index (χ3v) is 13.1. The summed E-state index contributed by atoms with van der Waals surface area (Å²) in [6, 6.07) is 0.